The molecule has 9 amide bonds. The predicted octanol–water partition coefficient (Wildman–Crippen LogP) is -1.78. The third-order valence-electron chi connectivity index (χ3n) is 9.22. The van der Waals surface area contributed by atoms with Gasteiger partial charge in [-0.2, -0.15) is 0 Å². The first-order chi connectivity index (χ1) is 29.2. The monoisotopic (exact) mass is 863 g/mol. The number of carbonyl (C=O) groups excluding carboxylic acids is 9. The molecule has 6 atom stereocenters. The van der Waals surface area contributed by atoms with Crippen molar-refractivity contribution in [3.63, 3.8) is 0 Å². The van der Waals surface area contributed by atoms with Crippen LogP contribution in [0.25, 0.3) is 0 Å². The van der Waals surface area contributed by atoms with Gasteiger partial charge in [0.25, 0.3) is 0 Å². The average molecular weight is 864 g/mol. The van der Waals surface area contributed by atoms with Crippen LogP contribution in [0.15, 0.2) is 72.8 Å². The van der Waals surface area contributed by atoms with Gasteiger partial charge in [-0.15, -0.1) is 0 Å². The van der Waals surface area contributed by atoms with Crippen LogP contribution in [-0.2, 0) is 60.8 Å². The van der Waals surface area contributed by atoms with Crippen molar-refractivity contribution in [3.05, 3.63) is 83.9 Å². The number of benzene rings is 2. The molecule has 0 spiro atoms. The van der Waals surface area contributed by atoms with Crippen LogP contribution in [0.3, 0.4) is 0 Å². The molecule has 0 aliphatic rings. The Labute approximate surface area is 359 Å². The van der Waals surface area contributed by atoms with Gasteiger partial charge < -0.3 is 53.8 Å². The second-order valence-corrected chi connectivity index (χ2v) is 15.1. The maximum atomic E-state index is 13.8. The molecule has 0 saturated carbocycles. The van der Waals surface area contributed by atoms with Crippen molar-refractivity contribution >= 4 is 59.1 Å². The molecule has 0 unspecified atom stereocenters. The average Bonchev–Trinajstić information content (AvgIpc) is 3.21. The van der Waals surface area contributed by atoms with Crippen LogP contribution in [0.2, 0.25) is 0 Å². The first-order valence-electron chi connectivity index (χ1n) is 19.8. The predicted molar refractivity (Wildman–Crippen MR) is 225 cm³/mol. The number of carboxylic acids is 1. The van der Waals surface area contributed by atoms with Gasteiger partial charge in [0.2, 0.25) is 53.2 Å². The molecule has 2 rings (SSSR count). The number of rotatable bonds is 25. The molecule has 0 saturated heterocycles. The molecule has 0 aromatic heterocycles. The number of carboxylic acid groups (broad SMARTS) is 1. The zero-order valence-corrected chi connectivity index (χ0v) is 35.3. The van der Waals surface area contributed by atoms with Crippen LogP contribution in [0.4, 0.5) is 0 Å². The highest BCUT2D eigenvalue weighted by atomic mass is 16.4. The highest BCUT2D eigenvalue weighted by molar-refractivity contribution is 6.01. The Morgan fingerprint density at radius 2 is 1.05 bits per heavy atom. The summed E-state index contributed by atoms with van der Waals surface area (Å²) < 4.78 is 0. The summed E-state index contributed by atoms with van der Waals surface area (Å²) >= 11 is 0. The minimum atomic E-state index is -1.45. The molecule has 0 aliphatic heterocycles. The van der Waals surface area contributed by atoms with Crippen molar-refractivity contribution < 1.29 is 53.1 Å². The Bertz CT molecular complexity index is 1940. The minimum Gasteiger partial charge on any atom is -0.480 e. The Morgan fingerprint density at radius 1 is 0.565 bits per heavy atom. The molecule has 0 radical (unpaired) electrons. The van der Waals surface area contributed by atoms with Gasteiger partial charge in [-0.25, -0.2) is 4.79 Å². The van der Waals surface area contributed by atoms with Crippen molar-refractivity contribution in [2.45, 2.75) is 96.6 Å². The van der Waals surface area contributed by atoms with E-state index < -0.39 is 108 Å². The fourth-order valence-corrected chi connectivity index (χ4v) is 5.80. The number of hydrogen-bond donors (Lipinski definition) is 10. The minimum absolute atomic E-state index is 0.00564. The summed E-state index contributed by atoms with van der Waals surface area (Å²) in [4.78, 5) is 127. The number of nitrogens with one attached hydrogen (secondary N) is 7. The van der Waals surface area contributed by atoms with E-state index >= 15 is 0 Å². The number of amides is 9. The molecular weight excluding hydrogens is 807 g/mol. The van der Waals surface area contributed by atoms with Crippen LogP contribution in [-0.4, -0.2) is 107 Å². The van der Waals surface area contributed by atoms with Crippen molar-refractivity contribution in [1.82, 2.24) is 37.2 Å². The summed E-state index contributed by atoms with van der Waals surface area (Å²) in [5, 5.41) is 26.6. The van der Waals surface area contributed by atoms with Crippen molar-refractivity contribution in [1.29, 1.82) is 0 Å². The number of primary amides is 2. The van der Waals surface area contributed by atoms with E-state index in [1.165, 1.54) is 6.92 Å². The molecule has 0 heterocycles. The van der Waals surface area contributed by atoms with E-state index in [9.17, 15) is 53.1 Å². The van der Waals surface area contributed by atoms with Crippen molar-refractivity contribution in [2.24, 2.45) is 23.3 Å². The smallest absolute Gasteiger partial charge is 0.326 e. The molecule has 0 bridgehead atoms. The lowest BCUT2D eigenvalue weighted by Crippen LogP contribution is -2.60. The second-order valence-electron chi connectivity index (χ2n) is 15.1. The standard InChI is InChI=1S/C42H57N9O11/c1-23(2)35(37(44)56)50-41(60)36(24(3)4)51-40(59)29(20-26-12-8-6-9-13-26)49-39(58)28(16-17-31(43)52)47-33(54)19-18-32(53)46-25(5)38(57)45-22-34(55)48-30(42(61)62)21-27-14-10-7-11-15-27/h6-15,18-19,23-25,28-30,35-36H,16-17,20-22H2,1-5H3,(H2,43,52)(H2,44,56)(H,45,57)(H,46,53)(H,47,54)(H,48,55)(H,49,58)(H,50,60)(H,51,59)(H,61,62)/b19-18+/t25-,28-,29-,30-,35-,36-/m0/s1. The fraction of sp³-hybridized carbons (Fsp3) is 0.429. The third kappa shape index (κ3) is 18.4. The fourth-order valence-electron chi connectivity index (χ4n) is 5.80. The molecule has 0 aliphatic carbocycles. The van der Waals surface area contributed by atoms with E-state index in [1.54, 1.807) is 88.4 Å². The lowest BCUT2D eigenvalue weighted by Gasteiger charge is -2.28. The summed E-state index contributed by atoms with van der Waals surface area (Å²) in [6.45, 7) is 7.40. The molecule has 2 aromatic carbocycles. The summed E-state index contributed by atoms with van der Waals surface area (Å²) in [6.07, 6.45) is 0.793. The molecule has 0 fully saturated rings. The van der Waals surface area contributed by atoms with Crippen LogP contribution in [0, 0.1) is 11.8 Å². The molecule has 62 heavy (non-hydrogen) atoms. The SMILES string of the molecule is CC(C)[C@H](NC(=O)[C@@H](NC(=O)[C@H](Cc1ccccc1)NC(=O)[C@H](CCC(N)=O)NC(=O)/C=C/C(=O)N[C@@H](C)C(=O)NCC(=O)N[C@@H](Cc1ccccc1)C(=O)O)C(C)C)C(N)=O. The van der Waals surface area contributed by atoms with E-state index in [-0.39, 0.29) is 31.6 Å². The van der Waals surface area contributed by atoms with Crippen LogP contribution < -0.4 is 48.7 Å². The maximum Gasteiger partial charge on any atom is 0.326 e. The number of hydrogen-bond acceptors (Lipinski definition) is 10. The topological polar surface area (TPSA) is 327 Å². The van der Waals surface area contributed by atoms with E-state index in [0.717, 1.165) is 12.2 Å². The zero-order chi connectivity index (χ0) is 46.5. The maximum absolute atomic E-state index is 13.8. The molecular formula is C42H57N9O11. The van der Waals surface area contributed by atoms with Gasteiger partial charge in [0.05, 0.1) is 6.54 Å². The van der Waals surface area contributed by atoms with Gasteiger partial charge in [-0.1, -0.05) is 88.4 Å². The van der Waals surface area contributed by atoms with E-state index in [1.807, 2.05) is 0 Å². The third-order valence-corrected chi connectivity index (χ3v) is 9.22. The quantitative estimate of drug-likeness (QED) is 0.0498. The van der Waals surface area contributed by atoms with Gasteiger partial charge in [0, 0.05) is 31.4 Å². The lowest BCUT2D eigenvalue weighted by atomic mass is 9.98. The number of aliphatic carboxylic acids is 1. The van der Waals surface area contributed by atoms with E-state index in [4.69, 9.17) is 11.5 Å². The molecule has 336 valence electrons. The van der Waals surface area contributed by atoms with Gasteiger partial charge in [0.15, 0.2) is 0 Å². The first kappa shape index (κ1) is 51.0. The van der Waals surface area contributed by atoms with Crippen LogP contribution in [0.5, 0.6) is 0 Å². The Kier molecular flexibility index (Phi) is 21.0. The van der Waals surface area contributed by atoms with Crippen molar-refractivity contribution in [2.75, 3.05) is 6.54 Å². The molecule has 12 N–H and O–H groups in total. The largest absolute Gasteiger partial charge is 0.480 e. The van der Waals surface area contributed by atoms with Crippen LogP contribution >= 0.6 is 0 Å². The van der Waals surface area contributed by atoms with Gasteiger partial charge in [-0.3, -0.25) is 43.2 Å². The van der Waals surface area contributed by atoms with Crippen LogP contribution in [0.1, 0.15) is 58.6 Å². The zero-order valence-electron chi connectivity index (χ0n) is 35.3. The normalized spacial score (nSPS) is 13.9. The summed E-state index contributed by atoms with van der Waals surface area (Å²) in [5.41, 5.74) is 12.1. The van der Waals surface area contributed by atoms with E-state index in [2.05, 4.69) is 37.2 Å². The van der Waals surface area contributed by atoms with Crippen molar-refractivity contribution in [3.8, 4) is 0 Å². The number of nitrogens with two attached hydrogens (primary N) is 2. The summed E-state index contributed by atoms with van der Waals surface area (Å²) in [5.74, 6) is -9.52. The summed E-state index contributed by atoms with van der Waals surface area (Å²) in [7, 11) is 0. The van der Waals surface area contributed by atoms with Gasteiger partial charge >= 0.3 is 5.97 Å². The summed E-state index contributed by atoms with van der Waals surface area (Å²) in [6, 6.07) is 9.74. The van der Waals surface area contributed by atoms with Gasteiger partial charge in [-0.05, 0) is 36.3 Å². The highest BCUT2D eigenvalue weighted by Gasteiger charge is 2.33. The van der Waals surface area contributed by atoms with Gasteiger partial charge in [0.1, 0.15) is 36.3 Å². The van der Waals surface area contributed by atoms with E-state index in [0.29, 0.717) is 11.1 Å². The molecule has 20 heteroatoms. The highest BCUT2D eigenvalue weighted by Crippen LogP contribution is 2.10. The molecule has 20 nitrogen and oxygen atoms in total. The Balaban J connectivity index is 2.11. The first-order valence-corrected chi connectivity index (χ1v) is 19.8. The number of carbonyl (C=O) groups is 10. The second kappa shape index (κ2) is 25.5. The molecule has 2 aromatic rings. The lowest BCUT2D eigenvalue weighted by molar-refractivity contribution is -0.141. The Morgan fingerprint density at radius 3 is 1.53 bits per heavy atom. The Hall–Kier alpha value is -7.12.